The van der Waals surface area contributed by atoms with E-state index in [4.69, 9.17) is 16.3 Å². The van der Waals surface area contributed by atoms with E-state index in [1.54, 1.807) is 48.5 Å². The number of rotatable bonds is 6. The summed E-state index contributed by atoms with van der Waals surface area (Å²) in [5, 5.41) is 29.4. The number of carbonyl (C=O) groups is 1. The average molecular weight is 491 g/mol. The second-order valence-corrected chi connectivity index (χ2v) is 7.90. The van der Waals surface area contributed by atoms with Crippen molar-refractivity contribution in [1.29, 1.82) is 0 Å². The number of aromatic hydroxyl groups is 1. The third kappa shape index (κ3) is 4.52. The summed E-state index contributed by atoms with van der Waals surface area (Å²) in [7, 11) is 0. The van der Waals surface area contributed by atoms with Crippen molar-refractivity contribution in [2.75, 3.05) is 6.61 Å². The maximum Gasteiger partial charge on any atom is 0.302 e. The molecule has 0 aliphatic heterocycles. The van der Waals surface area contributed by atoms with Crippen molar-refractivity contribution in [2.45, 2.75) is 0 Å². The number of aromatic amines is 2. The van der Waals surface area contributed by atoms with E-state index in [2.05, 4.69) is 25.2 Å². The Morgan fingerprint density at radius 1 is 1.09 bits per heavy atom. The molecule has 5 aromatic rings. The number of nitro benzene ring substituents is 1. The van der Waals surface area contributed by atoms with Gasteiger partial charge in [-0.25, -0.2) is 4.98 Å². The monoisotopic (exact) mass is 490 g/mol. The Kier molecular flexibility index (Phi) is 5.59. The van der Waals surface area contributed by atoms with Gasteiger partial charge in [0.05, 0.1) is 21.5 Å². The summed E-state index contributed by atoms with van der Waals surface area (Å²) >= 11 is 5.98. The second-order valence-electron chi connectivity index (χ2n) is 7.46. The van der Waals surface area contributed by atoms with Crippen LogP contribution in [0.25, 0.3) is 33.3 Å². The number of ether oxygens (including phenoxy) is 1. The van der Waals surface area contributed by atoms with Crippen LogP contribution in [0.5, 0.6) is 11.6 Å². The van der Waals surface area contributed by atoms with E-state index >= 15 is 0 Å². The molecule has 12 heteroatoms. The fraction of sp³-hybridized carbons (Fsp3) is 0.0435. The molecule has 3 aromatic carbocycles. The number of azo groups is 1. The quantitative estimate of drug-likeness (QED) is 0.158. The molecular weight excluding hydrogens is 476 g/mol. The first-order chi connectivity index (χ1) is 16.9. The first-order valence-corrected chi connectivity index (χ1v) is 10.6. The van der Waals surface area contributed by atoms with Crippen molar-refractivity contribution in [3.8, 4) is 23.0 Å². The molecule has 2 heterocycles. The van der Waals surface area contributed by atoms with Crippen LogP contribution in [-0.2, 0) is 4.79 Å². The molecule has 0 aliphatic carbocycles. The summed E-state index contributed by atoms with van der Waals surface area (Å²) in [6, 6.07) is 16.1. The Hall–Kier alpha value is -4.77. The van der Waals surface area contributed by atoms with Crippen LogP contribution in [0.2, 0.25) is 5.02 Å². The molecular formula is C23H15ClN6O5. The lowest BCUT2D eigenvalue weighted by Crippen LogP contribution is -2.07. The Bertz CT molecular complexity index is 1620. The number of aromatic nitrogens is 3. The number of non-ortho nitro benzene ring substituents is 1. The molecule has 174 valence electrons. The van der Waals surface area contributed by atoms with E-state index in [1.165, 1.54) is 12.1 Å². The van der Waals surface area contributed by atoms with Crippen molar-refractivity contribution >= 4 is 50.8 Å². The molecule has 0 unspecified atom stereocenters. The van der Waals surface area contributed by atoms with Crippen LogP contribution >= 0.6 is 11.6 Å². The largest absolute Gasteiger partial charge is 0.493 e. The Balaban J connectivity index is 1.24. The third-order valence-electron chi connectivity index (χ3n) is 5.14. The van der Waals surface area contributed by atoms with Crippen molar-refractivity contribution < 1.29 is 19.6 Å². The Morgan fingerprint density at radius 3 is 2.66 bits per heavy atom. The molecule has 5 rings (SSSR count). The highest BCUT2D eigenvalue weighted by Gasteiger charge is 2.13. The maximum absolute atomic E-state index is 12.1. The molecule has 1 amide bonds. The predicted octanol–water partition coefficient (Wildman–Crippen LogP) is 5.67. The highest BCUT2D eigenvalue weighted by Crippen LogP contribution is 2.36. The summed E-state index contributed by atoms with van der Waals surface area (Å²) in [5.74, 6) is 0.0839. The first-order valence-electron chi connectivity index (χ1n) is 10.2. The van der Waals surface area contributed by atoms with Gasteiger partial charge >= 0.3 is 5.91 Å². The average Bonchev–Trinajstić information content (AvgIpc) is 3.41. The highest BCUT2D eigenvalue weighted by atomic mass is 35.5. The minimum atomic E-state index is -0.649. The fourth-order valence-corrected chi connectivity index (χ4v) is 3.65. The number of carbonyl (C=O) groups excluding carboxylic acids is 1. The molecule has 2 aromatic heterocycles. The van der Waals surface area contributed by atoms with Crippen molar-refractivity contribution in [1.82, 2.24) is 15.0 Å². The molecule has 0 aliphatic rings. The van der Waals surface area contributed by atoms with Crippen LogP contribution in [-0.4, -0.2) is 37.5 Å². The number of fused-ring (bicyclic) bond motifs is 2. The predicted molar refractivity (Wildman–Crippen MR) is 128 cm³/mol. The number of halogens is 1. The van der Waals surface area contributed by atoms with Gasteiger partial charge in [0.15, 0.2) is 12.3 Å². The number of nitrogens with zero attached hydrogens (tertiary/aromatic N) is 4. The lowest BCUT2D eigenvalue weighted by Gasteiger charge is -2.04. The number of nitro groups is 1. The van der Waals surface area contributed by atoms with Crippen molar-refractivity contribution in [2.24, 2.45) is 10.2 Å². The molecule has 0 atom stereocenters. The smallest absolute Gasteiger partial charge is 0.302 e. The van der Waals surface area contributed by atoms with Crippen LogP contribution < -0.4 is 4.74 Å². The van der Waals surface area contributed by atoms with Gasteiger partial charge in [-0.2, -0.15) is 0 Å². The van der Waals surface area contributed by atoms with E-state index in [-0.39, 0.29) is 23.9 Å². The van der Waals surface area contributed by atoms with Crippen LogP contribution in [0.15, 0.2) is 70.9 Å². The molecule has 3 N–H and O–H groups in total. The lowest BCUT2D eigenvalue weighted by atomic mass is 10.2. The van der Waals surface area contributed by atoms with Gasteiger partial charge < -0.3 is 19.8 Å². The second kappa shape index (κ2) is 8.88. The normalized spacial score (nSPS) is 11.5. The SMILES string of the molecule is O=C(COc1ccc(-c2nc3ccc([N+](=O)[O-])cc3[nH]2)cc1)N=Nc1c(O)[nH]c2ccc(Cl)cc12. The number of nitrogens with one attached hydrogen (secondary N) is 2. The molecule has 0 radical (unpaired) electrons. The van der Waals surface area contributed by atoms with Gasteiger partial charge in [0.25, 0.3) is 5.69 Å². The van der Waals surface area contributed by atoms with E-state index in [0.29, 0.717) is 38.5 Å². The van der Waals surface area contributed by atoms with Crippen LogP contribution in [0.3, 0.4) is 0 Å². The number of hydrogen-bond acceptors (Lipinski definition) is 7. The molecule has 0 fully saturated rings. The topological polar surface area (TPSA) is 159 Å². The van der Waals surface area contributed by atoms with Gasteiger partial charge in [-0.1, -0.05) is 11.6 Å². The standard InChI is InChI=1S/C23H15ClN6O5/c24-13-3-7-17-16(9-13)21(23(32)27-17)29-28-20(31)11-35-15-5-1-12(2-6-15)22-25-18-8-4-14(30(33)34)10-19(18)26-22/h1-10,27,32H,11H2,(H,25,26). The third-order valence-corrected chi connectivity index (χ3v) is 5.38. The molecule has 0 saturated carbocycles. The Morgan fingerprint density at radius 2 is 1.89 bits per heavy atom. The number of amides is 1. The zero-order chi connectivity index (χ0) is 24.5. The Labute approximate surface area is 201 Å². The van der Waals surface area contributed by atoms with Gasteiger partial charge in [0, 0.05) is 28.1 Å². The van der Waals surface area contributed by atoms with Crippen LogP contribution in [0.1, 0.15) is 0 Å². The van der Waals surface area contributed by atoms with Gasteiger partial charge in [0.1, 0.15) is 11.6 Å². The zero-order valence-electron chi connectivity index (χ0n) is 17.7. The first kappa shape index (κ1) is 22.0. The summed E-state index contributed by atoms with van der Waals surface area (Å²) in [6.07, 6.45) is 0. The minimum absolute atomic E-state index is 0.0260. The summed E-state index contributed by atoms with van der Waals surface area (Å²) in [5.41, 5.74) is 2.57. The van der Waals surface area contributed by atoms with Crippen LogP contribution in [0.4, 0.5) is 11.4 Å². The highest BCUT2D eigenvalue weighted by molar-refractivity contribution is 6.31. The van der Waals surface area contributed by atoms with Gasteiger partial charge in [-0.3, -0.25) is 14.9 Å². The van der Waals surface area contributed by atoms with E-state index in [1.807, 2.05) is 0 Å². The van der Waals surface area contributed by atoms with Crippen molar-refractivity contribution in [3.63, 3.8) is 0 Å². The summed E-state index contributed by atoms with van der Waals surface area (Å²) in [6.45, 7) is -0.360. The molecule has 35 heavy (non-hydrogen) atoms. The van der Waals surface area contributed by atoms with E-state index < -0.39 is 10.8 Å². The number of benzene rings is 3. The summed E-state index contributed by atoms with van der Waals surface area (Å²) < 4.78 is 5.47. The van der Waals surface area contributed by atoms with E-state index in [0.717, 1.165) is 5.56 Å². The molecule has 11 nitrogen and oxygen atoms in total. The van der Waals surface area contributed by atoms with E-state index in [9.17, 15) is 20.0 Å². The molecule has 0 saturated heterocycles. The number of hydrogen-bond donors (Lipinski definition) is 3. The van der Waals surface area contributed by atoms with Gasteiger partial charge in [-0.05, 0) is 48.5 Å². The number of H-pyrrole nitrogens is 2. The van der Waals surface area contributed by atoms with Gasteiger partial charge in [0.2, 0.25) is 5.88 Å². The molecule has 0 bridgehead atoms. The summed E-state index contributed by atoms with van der Waals surface area (Å²) in [4.78, 5) is 32.8. The molecule has 0 spiro atoms. The van der Waals surface area contributed by atoms with Gasteiger partial charge in [-0.15, -0.1) is 10.2 Å². The fourth-order valence-electron chi connectivity index (χ4n) is 3.47. The van der Waals surface area contributed by atoms with Crippen LogP contribution in [0, 0.1) is 10.1 Å². The maximum atomic E-state index is 12.1. The van der Waals surface area contributed by atoms with Crippen molar-refractivity contribution in [3.05, 3.63) is 75.8 Å². The zero-order valence-corrected chi connectivity index (χ0v) is 18.5. The minimum Gasteiger partial charge on any atom is -0.493 e. The number of imidazole rings is 1. The lowest BCUT2D eigenvalue weighted by molar-refractivity contribution is -0.384.